The molecule has 23 aromatic carbocycles. The number of fused-ring (bicyclic) bond motifs is 32. The monoisotopic (exact) mass is 1730 g/mol. The van der Waals surface area contributed by atoms with Crippen LogP contribution in [0.2, 0.25) is 0 Å². The molecule has 0 atom stereocenters. The highest BCUT2D eigenvalue weighted by molar-refractivity contribution is 6.24. The fraction of sp³-hybridized carbons (Fsp3) is 0.0240. The number of hydrogen-bond acceptors (Lipinski definition) is 10. The Bertz CT molecular complexity index is 10100. The maximum atomic E-state index is 6.64. The van der Waals surface area contributed by atoms with E-state index in [1.54, 1.807) is 0 Å². The first-order valence-electron chi connectivity index (χ1n) is 46.0. The summed E-state index contributed by atoms with van der Waals surface area (Å²) in [6, 6.07) is 141. The quantitative estimate of drug-likeness (QED) is 0.146. The van der Waals surface area contributed by atoms with Gasteiger partial charge >= 0.3 is 0 Å². The van der Waals surface area contributed by atoms with Gasteiger partial charge in [0.25, 0.3) is 0 Å². The second kappa shape index (κ2) is 27.8. The van der Waals surface area contributed by atoms with E-state index in [4.69, 9.17) is 35.3 Å². The first-order chi connectivity index (χ1) is 66.5. The molecule has 10 nitrogen and oxygen atoms in total. The molecule has 0 amide bonds. The molecule has 0 fully saturated rings. The van der Waals surface area contributed by atoms with Gasteiger partial charge in [0.2, 0.25) is 0 Å². The summed E-state index contributed by atoms with van der Waals surface area (Å²) in [5.41, 5.74) is 23.4. The Labute approximate surface area is 766 Å². The summed E-state index contributed by atoms with van der Waals surface area (Å²) in [6.45, 7) is 4.47. The number of anilines is 6. The topological polar surface area (TPSA) is 112 Å². The lowest BCUT2D eigenvalue weighted by atomic mass is 10.0. The third-order valence-electron chi connectivity index (χ3n) is 28.6. The van der Waals surface area contributed by atoms with Gasteiger partial charge in [0.05, 0.1) is 0 Å². The predicted molar refractivity (Wildman–Crippen MR) is 560 cm³/mol. The van der Waals surface area contributed by atoms with Gasteiger partial charge in [0, 0.05) is 145 Å². The van der Waals surface area contributed by atoms with Crippen molar-refractivity contribution in [3.05, 3.63) is 400 Å². The number of hydrogen-bond donors (Lipinski definition) is 0. The second-order valence-corrected chi connectivity index (χ2v) is 36.8. The van der Waals surface area contributed by atoms with Crippen molar-refractivity contribution >= 4 is 296 Å². The van der Waals surface area contributed by atoms with E-state index < -0.39 is 0 Å². The van der Waals surface area contributed by atoms with Crippen LogP contribution in [0.3, 0.4) is 0 Å². The van der Waals surface area contributed by atoms with Gasteiger partial charge in [-0.1, -0.05) is 190 Å². The zero-order valence-corrected chi connectivity index (χ0v) is 72.8. The number of rotatable bonds is 8. The molecule has 0 bridgehead atoms. The Morgan fingerprint density at radius 3 is 0.556 bits per heavy atom. The smallest absolute Gasteiger partial charge is 0.139 e. The van der Waals surface area contributed by atoms with Crippen molar-refractivity contribution in [2.75, 3.05) is 9.80 Å². The Balaban J connectivity index is 0.000000129. The minimum absolute atomic E-state index is 0.427. The lowest BCUT2D eigenvalue weighted by Gasteiger charge is -2.26. The highest BCUT2D eigenvalue weighted by Gasteiger charge is 2.25. The molecular formula is C125H72N2O8. The van der Waals surface area contributed by atoms with E-state index >= 15 is 0 Å². The van der Waals surface area contributed by atoms with Gasteiger partial charge in [-0.05, 0) is 303 Å². The van der Waals surface area contributed by atoms with Gasteiger partial charge in [-0.2, -0.15) is 0 Å². The van der Waals surface area contributed by atoms with E-state index in [9.17, 15) is 0 Å². The van der Waals surface area contributed by atoms with Gasteiger partial charge in [0.15, 0.2) is 0 Å². The zero-order chi connectivity index (χ0) is 88.3. The van der Waals surface area contributed by atoms with Crippen molar-refractivity contribution in [3.8, 4) is 11.1 Å². The van der Waals surface area contributed by atoms with Crippen LogP contribution in [0.15, 0.2) is 430 Å². The van der Waals surface area contributed by atoms with Crippen LogP contribution in [0.1, 0.15) is 25.3 Å². The molecule has 31 aromatic rings. The van der Waals surface area contributed by atoms with E-state index in [0.717, 1.165) is 269 Å². The molecule has 0 aliphatic rings. The fourth-order valence-corrected chi connectivity index (χ4v) is 21.7. The summed E-state index contributed by atoms with van der Waals surface area (Å²) in [5, 5.41) is 35.8. The Morgan fingerprint density at radius 1 is 0.141 bits per heavy atom. The maximum absolute atomic E-state index is 6.64. The molecule has 0 unspecified atom stereocenters. The van der Waals surface area contributed by atoms with Crippen LogP contribution in [0, 0.1) is 0 Å². The number of nitrogens with zero attached hydrogens (tertiary/aromatic N) is 2. The molecule has 0 radical (unpaired) electrons. The third-order valence-corrected chi connectivity index (χ3v) is 28.6. The SMILES string of the molecule is CC(C)c1ccc(N(c2ccc3cc4c(cc3c2)oc2cc3oc5cc6ccccc6cc5c3cc24)c2ccc3cc4c(cc3c2)oc2cc3oc5cc6ccccc6cc5c3cc24)cc1.c1ccc(-c2ccc(N(c3ccc4cc5c(cc4c3)oc3cc4oc6cc7ccccc7cc6c4cc35)c3ccc4cc5c(cc4c3)oc3cc4oc6cc7ccccc7cc6c4cc35)cc2)cc1. The van der Waals surface area contributed by atoms with Crippen molar-refractivity contribution in [3.63, 3.8) is 0 Å². The van der Waals surface area contributed by atoms with Crippen LogP contribution in [0.5, 0.6) is 0 Å². The molecule has 10 heteroatoms. The van der Waals surface area contributed by atoms with Gasteiger partial charge in [-0.25, -0.2) is 0 Å². The minimum atomic E-state index is 0.427. The largest absolute Gasteiger partial charge is 0.456 e. The predicted octanol–water partition coefficient (Wildman–Crippen LogP) is 37.5. The Morgan fingerprint density at radius 2 is 0.319 bits per heavy atom. The molecule has 0 N–H and O–H groups in total. The van der Waals surface area contributed by atoms with Crippen molar-refractivity contribution in [2.45, 2.75) is 19.8 Å². The van der Waals surface area contributed by atoms with E-state index in [1.807, 2.05) is 24.3 Å². The van der Waals surface area contributed by atoms with Gasteiger partial charge in [-0.3, -0.25) is 0 Å². The summed E-state index contributed by atoms with van der Waals surface area (Å²) < 4.78 is 52.2. The summed E-state index contributed by atoms with van der Waals surface area (Å²) in [5.74, 6) is 0.427. The van der Waals surface area contributed by atoms with Crippen LogP contribution in [0.25, 0.3) is 273 Å². The first-order valence-corrected chi connectivity index (χ1v) is 46.0. The summed E-state index contributed by atoms with van der Waals surface area (Å²) >= 11 is 0. The average molecular weight is 1730 g/mol. The third kappa shape index (κ3) is 11.5. The van der Waals surface area contributed by atoms with Crippen molar-refractivity contribution in [1.82, 2.24) is 0 Å². The number of furan rings is 8. The summed E-state index contributed by atoms with van der Waals surface area (Å²) in [4.78, 5) is 4.69. The van der Waals surface area contributed by atoms with Crippen LogP contribution >= 0.6 is 0 Å². The van der Waals surface area contributed by atoms with Crippen LogP contribution in [-0.4, -0.2) is 0 Å². The van der Waals surface area contributed by atoms with Crippen molar-refractivity contribution in [1.29, 1.82) is 0 Å². The molecule has 8 heterocycles. The van der Waals surface area contributed by atoms with Crippen molar-refractivity contribution in [2.24, 2.45) is 0 Å². The first kappa shape index (κ1) is 74.0. The molecule has 8 aromatic heterocycles. The van der Waals surface area contributed by atoms with Crippen LogP contribution in [-0.2, 0) is 0 Å². The molecule has 31 rings (SSSR count). The fourth-order valence-electron chi connectivity index (χ4n) is 21.7. The normalized spacial score (nSPS) is 12.4. The molecule has 135 heavy (non-hydrogen) atoms. The van der Waals surface area contributed by atoms with Crippen molar-refractivity contribution < 1.29 is 35.3 Å². The molecular weight excluding hydrogens is 1660 g/mol. The Hall–Kier alpha value is -17.9. The van der Waals surface area contributed by atoms with E-state index in [-0.39, 0.29) is 0 Å². The molecule has 630 valence electrons. The van der Waals surface area contributed by atoms with Crippen LogP contribution < -0.4 is 9.80 Å². The molecule has 0 aliphatic heterocycles. The Kier molecular flexibility index (Phi) is 15.3. The highest BCUT2D eigenvalue weighted by atomic mass is 16.4. The molecule has 0 saturated heterocycles. The van der Waals surface area contributed by atoms with Gasteiger partial charge in [0.1, 0.15) is 89.3 Å². The highest BCUT2D eigenvalue weighted by Crippen LogP contribution is 2.50. The minimum Gasteiger partial charge on any atom is -0.456 e. The van der Waals surface area contributed by atoms with E-state index in [2.05, 4.69) is 394 Å². The summed E-state index contributed by atoms with van der Waals surface area (Å²) in [6.07, 6.45) is 0. The second-order valence-electron chi connectivity index (χ2n) is 36.8. The van der Waals surface area contributed by atoms with Gasteiger partial charge in [-0.15, -0.1) is 0 Å². The van der Waals surface area contributed by atoms with Crippen LogP contribution in [0.4, 0.5) is 34.1 Å². The maximum Gasteiger partial charge on any atom is 0.139 e. The van der Waals surface area contributed by atoms with Gasteiger partial charge < -0.3 is 45.1 Å². The standard InChI is InChI=1S/C64H35NO4.C61H37NO4/c1-2-8-36(9-3-1)37-14-18-46(19-15-37)65(47-20-16-42-26-51-55-32-53-49-24-38-10-4-6-12-40(38)28-57(49)66-61(53)34-63(55)68-59(51)30-44(42)22-47)48-21-17-43-27-52-56-33-54-50-25-39-11-5-7-13-41(39)29-58(50)67-62(54)35-64(56)69-60(52)31-45(43)23-48;1-33(2)34-11-15-43(16-12-34)62(44-17-13-39-23-48-52-29-50-46-21-35-7-3-5-9-37(35)25-54(46)63-58(50)31-60(52)65-56(48)27-41(39)19-44)45-18-14-40-24-49-53-30-51-47-22-36-8-4-6-10-38(36)26-55(47)64-59(51)32-61(53)66-57(49)28-42(40)20-45/h1-35H;3-33H,1-2H3. The van der Waals surface area contributed by atoms with E-state index in [1.165, 1.54) is 43.4 Å². The summed E-state index contributed by atoms with van der Waals surface area (Å²) in [7, 11) is 0. The molecule has 0 spiro atoms. The van der Waals surface area contributed by atoms with E-state index in [0.29, 0.717) is 5.92 Å². The lowest BCUT2D eigenvalue weighted by molar-refractivity contribution is 0.656. The average Bonchev–Trinajstić information content (AvgIpc) is 1.60. The lowest BCUT2D eigenvalue weighted by Crippen LogP contribution is -2.10. The number of benzene rings is 23. The zero-order valence-electron chi connectivity index (χ0n) is 72.8. The molecule has 0 aliphatic carbocycles. The molecule has 0 saturated carbocycles.